The lowest BCUT2D eigenvalue weighted by Gasteiger charge is -2.17. The highest BCUT2D eigenvalue weighted by atomic mass is 79.9. The lowest BCUT2D eigenvalue weighted by Crippen LogP contribution is -2.28. The van der Waals surface area contributed by atoms with Crippen LogP contribution in [0.1, 0.15) is 25.8 Å². The lowest BCUT2D eigenvalue weighted by atomic mass is 9.85. The van der Waals surface area contributed by atoms with Crippen LogP contribution < -0.4 is 9.47 Å². The van der Waals surface area contributed by atoms with Crippen LogP contribution in [0.15, 0.2) is 33.9 Å². The van der Waals surface area contributed by atoms with Gasteiger partial charge in [-0.25, -0.2) is 0 Å². The molecule has 27 heavy (non-hydrogen) atoms. The molecule has 0 radical (unpaired) electrons. The summed E-state index contributed by atoms with van der Waals surface area (Å²) in [6, 6.07) is 3.62. The molecule has 3 aliphatic rings. The molecule has 7 heteroatoms. The van der Waals surface area contributed by atoms with E-state index in [1.54, 1.807) is 13.2 Å². The van der Waals surface area contributed by atoms with Crippen LogP contribution in [-0.4, -0.2) is 36.3 Å². The number of carbonyl (C=O) groups is 2. The highest BCUT2D eigenvalue weighted by Crippen LogP contribution is 2.52. The Morgan fingerprint density at radius 2 is 1.81 bits per heavy atom. The SMILES string of the molecule is COc1cc(Br)cc(C=NN2C(=O)[C@@H]3[C@H](C2=O)[C@H]2C=C[C@H]3C2)c1OC(C)C. The molecular weight excluding hydrogens is 412 g/mol. The Kier molecular flexibility index (Phi) is 4.58. The normalized spacial score (nSPS) is 28.7. The van der Waals surface area contributed by atoms with Gasteiger partial charge >= 0.3 is 0 Å². The Morgan fingerprint density at radius 3 is 2.37 bits per heavy atom. The molecule has 0 N–H and O–H groups in total. The third-order valence-corrected chi connectivity index (χ3v) is 5.84. The van der Waals surface area contributed by atoms with Gasteiger partial charge in [0.15, 0.2) is 11.5 Å². The summed E-state index contributed by atoms with van der Waals surface area (Å²) in [5.74, 6) is 0.502. The minimum Gasteiger partial charge on any atom is -0.493 e. The van der Waals surface area contributed by atoms with Crippen LogP contribution in [0.3, 0.4) is 0 Å². The van der Waals surface area contributed by atoms with E-state index in [1.165, 1.54) is 6.21 Å². The van der Waals surface area contributed by atoms with Gasteiger partial charge in [-0.05, 0) is 44.2 Å². The van der Waals surface area contributed by atoms with E-state index >= 15 is 0 Å². The first kappa shape index (κ1) is 18.2. The van der Waals surface area contributed by atoms with E-state index in [2.05, 4.69) is 33.2 Å². The molecule has 4 rings (SSSR count). The van der Waals surface area contributed by atoms with Gasteiger partial charge in [0.05, 0.1) is 31.3 Å². The third-order valence-electron chi connectivity index (χ3n) is 5.38. The second-order valence-corrected chi connectivity index (χ2v) is 8.34. The molecule has 1 saturated carbocycles. The number of allylic oxidation sites excluding steroid dienone is 2. The van der Waals surface area contributed by atoms with E-state index in [4.69, 9.17) is 9.47 Å². The molecule has 6 nitrogen and oxygen atoms in total. The summed E-state index contributed by atoms with van der Waals surface area (Å²) in [5.41, 5.74) is 0.633. The molecule has 0 unspecified atom stereocenters. The van der Waals surface area contributed by atoms with E-state index in [1.807, 2.05) is 19.9 Å². The van der Waals surface area contributed by atoms with Crippen LogP contribution >= 0.6 is 15.9 Å². The van der Waals surface area contributed by atoms with Crippen molar-refractivity contribution in [2.75, 3.05) is 7.11 Å². The van der Waals surface area contributed by atoms with Crippen LogP contribution in [0.5, 0.6) is 11.5 Å². The molecule has 1 saturated heterocycles. The molecule has 0 aromatic heterocycles. The van der Waals surface area contributed by atoms with Crippen molar-refractivity contribution in [3.05, 3.63) is 34.3 Å². The summed E-state index contributed by atoms with van der Waals surface area (Å²) < 4.78 is 12.1. The average Bonchev–Trinajstić information content (AvgIpc) is 3.29. The zero-order chi connectivity index (χ0) is 19.3. The molecule has 142 valence electrons. The van der Waals surface area contributed by atoms with Crippen molar-refractivity contribution in [3.63, 3.8) is 0 Å². The van der Waals surface area contributed by atoms with Crippen LogP contribution in [0, 0.1) is 23.7 Å². The summed E-state index contributed by atoms with van der Waals surface area (Å²) in [6.07, 6.45) is 6.47. The number of fused-ring (bicyclic) bond motifs is 5. The number of amides is 2. The van der Waals surface area contributed by atoms with Gasteiger partial charge in [0.25, 0.3) is 11.8 Å². The zero-order valence-corrected chi connectivity index (χ0v) is 17.0. The standard InChI is InChI=1S/C20H21BrN2O4/c1-10(2)27-18-13(7-14(21)8-15(18)26-3)9-22-23-19(24)16-11-4-5-12(6-11)17(16)20(23)25/h4-5,7-12,16-17H,6H2,1-3H3/t11-,12-,16-,17+/m0/s1. The van der Waals surface area contributed by atoms with E-state index in [0.29, 0.717) is 17.1 Å². The van der Waals surface area contributed by atoms with Crippen molar-refractivity contribution in [2.24, 2.45) is 28.8 Å². The monoisotopic (exact) mass is 432 g/mol. The maximum Gasteiger partial charge on any atom is 0.254 e. The number of carbonyl (C=O) groups excluding carboxylic acids is 2. The van der Waals surface area contributed by atoms with Gasteiger partial charge in [-0.3, -0.25) is 9.59 Å². The fourth-order valence-electron chi connectivity index (χ4n) is 4.32. The largest absolute Gasteiger partial charge is 0.493 e. The van der Waals surface area contributed by atoms with Gasteiger partial charge in [0.1, 0.15) is 0 Å². The Morgan fingerprint density at radius 1 is 1.19 bits per heavy atom. The van der Waals surface area contributed by atoms with Gasteiger partial charge in [0.2, 0.25) is 0 Å². The summed E-state index contributed by atoms with van der Waals surface area (Å²) >= 11 is 3.44. The van der Waals surface area contributed by atoms with Gasteiger partial charge in [-0.15, -0.1) is 0 Å². The first-order valence-electron chi connectivity index (χ1n) is 9.05. The van der Waals surface area contributed by atoms with E-state index in [0.717, 1.165) is 15.9 Å². The molecule has 2 bridgehead atoms. The van der Waals surface area contributed by atoms with Crippen LogP contribution in [0.25, 0.3) is 0 Å². The summed E-state index contributed by atoms with van der Waals surface area (Å²) in [7, 11) is 1.56. The third kappa shape index (κ3) is 2.98. The van der Waals surface area contributed by atoms with Crippen molar-refractivity contribution >= 4 is 34.0 Å². The second-order valence-electron chi connectivity index (χ2n) is 7.43. The number of methoxy groups -OCH3 is 1. The van der Waals surface area contributed by atoms with Crippen LogP contribution in [0.4, 0.5) is 0 Å². The fourth-order valence-corrected chi connectivity index (χ4v) is 4.77. The number of imide groups is 1. The Bertz CT molecular complexity index is 834. The van der Waals surface area contributed by atoms with E-state index in [9.17, 15) is 9.59 Å². The van der Waals surface area contributed by atoms with Crippen molar-refractivity contribution in [2.45, 2.75) is 26.4 Å². The van der Waals surface area contributed by atoms with Crippen LogP contribution in [-0.2, 0) is 9.59 Å². The number of nitrogens with zero attached hydrogens (tertiary/aromatic N) is 2. The smallest absolute Gasteiger partial charge is 0.254 e. The van der Waals surface area contributed by atoms with Crippen molar-refractivity contribution in [1.82, 2.24) is 5.01 Å². The number of halogens is 1. The van der Waals surface area contributed by atoms with Crippen molar-refractivity contribution in [1.29, 1.82) is 0 Å². The molecule has 2 aliphatic carbocycles. The van der Waals surface area contributed by atoms with E-state index < -0.39 is 0 Å². The van der Waals surface area contributed by atoms with Gasteiger partial charge in [-0.1, -0.05) is 28.1 Å². The Hall–Kier alpha value is -2.15. The average molecular weight is 433 g/mol. The molecule has 1 heterocycles. The number of rotatable bonds is 5. The van der Waals surface area contributed by atoms with Crippen molar-refractivity contribution < 1.29 is 19.1 Å². The van der Waals surface area contributed by atoms with Gasteiger partial charge in [0, 0.05) is 10.0 Å². The molecule has 1 aromatic carbocycles. The molecule has 0 spiro atoms. The second kappa shape index (κ2) is 6.78. The van der Waals surface area contributed by atoms with E-state index in [-0.39, 0.29) is 41.6 Å². The quantitative estimate of drug-likeness (QED) is 0.406. The molecule has 1 aliphatic heterocycles. The van der Waals surface area contributed by atoms with Crippen LogP contribution in [0.2, 0.25) is 0 Å². The highest BCUT2D eigenvalue weighted by Gasteiger charge is 2.59. The minimum atomic E-state index is -0.256. The maximum atomic E-state index is 12.8. The molecular formula is C20H21BrN2O4. The summed E-state index contributed by atoms with van der Waals surface area (Å²) in [4.78, 5) is 25.5. The highest BCUT2D eigenvalue weighted by molar-refractivity contribution is 9.10. The molecule has 4 atom stereocenters. The van der Waals surface area contributed by atoms with Crippen molar-refractivity contribution in [3.8, 4) is 11.5 Å². The fraction of sp³-hybridized carbons (Fsp3) is 0.450. The Labute approximate surface area is 166 Å². The maximum absolute atomic E-state index is 12.8. The summed E-state index contributed by atoms with van der Waals surface area (Å²) in [6.45, 7) is 3.83. The number of hydrogen-bond acceptors (Lipinski definition) is 5. The zero-order valence-electron chi connectivity index (χ0n) is 15.4. The van der Waals surface area contributed by atoms with Gasteiger partial charge in [-0.2, -0.15) is 10.1 Å². The number of hydrazone groups is 1. The first-order valence-corrected chi connectivity index (χ1v) is 9.84. The lowest BCUT2D eigenvalue weighted by molar-refractivity contribution is -0.140. The predicted octanol–water partition coefficient (Wildman–Crippen LogP) is 3.39. The summed E-state index contributed by atoms with van der Waals surface area (Å²) in [5, 5.41) is 5.28. The van der Waals surface area contributed by atoms with Gasteiger partial charge < -0.3 is 9.47 Å². The molecule has 1 aromatic rings. The number of ether oxygens (including phenoxy) is 2. The topological polar surface area (TPSA) is 68.2 Å². The first-order chi connectivity index (χ1) is 12.9. The number of hydrogen-bond donors (Lipinski definition) is 0. The predicted molar refractivity (Wildman–Crippen MR) is 104 cm³/mol. The molecule has 2 amide bonds. The molecule has 2 fully saturated rings. The Balaban J connectivity index is 1.65. The minimum absolute atomic E-state index is 0.0664. The number of benzene rings is 1.